The minimum atomic E-state index is -0.460. The van der Waals surface area contributed by atoms with Gasteiger partial charge >= 0.3 is 0 Å². The highest BCUT2D eigenvalue weighted by molar-refractivity contribution is 5.01. The van der Waals surface area contributed by atoms with Gasteiger partial charge in [-0.15, -0.1) is 0 Å². The summed E-state index contributed by atoms with van der Waals surface area (Å²) in [5.41, 5.74) is 1.27. The molecule has 23 heavy (non-hydrogen) atoms. The Labute approximate surface area is 137 Å². The second kappa shape index (κ2) is 6.84. The molecule has 0 saturated carbocycles. The summed E-state index contributed by atoms with van der Waals surface area (Å²) in [7, 11) is 1.94. The van der Waals surface area contributed by atoms with Gasteiger partial charge in [-0.05, 0) is 45.7 Å². The summed E-state index contributed by atoms with van der Waals surface area (Å²) in [6.45, 7) is 7.31. The first kappa shape index (κ1) is 16.2. The molecule has 1 unspecified atom stereocenters. The van der Waals surface area contributed by atoms with Crippen molar-refractivity contribution in [3.63, 3.8) is 0 Å². The zero-order valence-electron chi connectivity index (χ0n) is 14.3. The molecule has 0 amide bonds. The lowest BCUT2D eigenvalue weighted by Gasteiger charge is -2.34. The van der Waals surface area contributed by atoms with E-state index in [1.165, 1.54) is 5.69 Å². The van der Waals surface area contributed by atoms with Crippen molar-refractivity contribution >= 4 is 0 Å². The van der Waals surface area contributed by atoms with Gasteiger partial charge in [0.2, 0.25) is 0 Å². The molecule has 126 valence electrons. The molecular weight excluding hydrogens is 290 g/mol. The average molecular weight is 317 g/mol. The van der Waals surface area contributed by atoms with Gasteiger partial charge in [0.1, 0.15) is 11.9 Å². The summed E-state index contributed by atoms with van der Waals surface area (Å²) in [5, 5.41) is 10.6. The van der Waals surface area contributed by atoms with Crippen LogP contribution in [-0.2, 0) is 13.6 Å². The standard InChI is InChI=1S/C17H27N5O/c1-13(2)22-12-18-10-15(22)11-21-7-4-14(5-8-21)16(23)17-19-6-9-20(17)3/h6,9-10,12-14,16,23H,4-5,7-8,11H2,1-3H3. The predicted molar refractivity (Wildman–Crippen MR) is 88.8 cm³/mol. The van der Waals surface area contributed by atoms with Crippen molar-refractivity contribution in [2.24, 2.45) is 13.0 Å². The Morgan fingerprint density at radius 1 is 1.30 bits per heavy atom. The summed E-state index contributed by atoms with van der Waals surface area (Å²) in [6.07, 6.45) is 9.07. The van der Waals surface area contributed by atoms with Crippen molar-refractivity contribution in [1.82, 2.24) is 24.0 Å². The molecule has 1 atom stereocenters. The molecule has 1 aliphatic rings. The Balaban J connectivity index is 1.56. The highest BCUT2D eigenvalue weighted by Crippen LogP contribution is 2.30. The molecule has 1 N–H and O–H groups in total. The summed E-state index contributed by atoms with van der Waals surface area (Å²) in [4.78, 5) is 11.0. The van der Waals surface area contributed by atoms with Crippen LogP contribution < -0.4 is 0 Å². The van der Waals surface area contributed by atoms with E-state index in [0.717, 1.165) is 38.3 Å². The molecule has 2 aromatic heterocycles. The predicted octanol–water partition coefficient (Wildman–Crippen LogP) is 2.14. The fourth-order valence-electron chi connectivity index (χ4n) is 3.45. The van der Waals surface area contributed by atoms with E-state index in [0.29, 0.717) is 12.0 Å². The van der Waals surface area contributed by atoms with Crippen LogP contribution >= 0.6 is 0 Å². The molecule has 3 rings (SSSR count). The first-order chi connectivity index (χ1) is 11.1. The number of imidazole rings is 2. The number of aryl methyl sites for hydroxylation is 1. The van der Waals surface area contributed by atoms with E-state index in [9.17, 15) is 5.11 Å². The van der Waals surface area contributed by atoms with Crippen LogP contribution in [0.5, 0.6) is 0 Å². The molecule has 2 aromatic rings. The fourth-order valence-corrected chi connectivity index (χ4v) is 3.45. The van der Waals surface area contributed by atoms with Crippen molar-refractivity contribution in [2.45, 2.75) is 45.4 Å². The molecule has 0 spiro atoms. The lowest BCUT2D eigenvalue weighted by Crippen LogP contribution is -2.36. The van der Waals surface area contributed by atoms with E-state index in [2.05, 4.69) is 33.3 Å². The molecule has 0 aliphatic carbocycles. The molecule has 3 heterocycles. The molecule has 0 radical (unpaired) electrons. The average Bonchev–Trinajstić information content (AvgIpc) is 3.16. The molecule has 1 aliphatic heterocycles. The van der Waals surface area contributed by atoms with Crippen LogP contribution in [0.25, 0.3) is 0 Å². The Morgan fingerprint density at radius 2 is 2.04 bits per heavy atom. The number of aliphatic hydroxyl groups excluding tert-OH is 1. The quantitative estimate of drug-likeness (QED) is 0.918. The Hall–Kier alpha value is -1.66. The van der Waals surface area contributed by atoms with Crippen LogP contribution in [0.4, 0.5) is 0 Å². The molecule has 6 nitrogen and oxygen atoms in total. The van der Waals surface area contributed by atoms with Crippen LogP contribution in [0.15, 0.2) is 24.9 Å². The molecule has 0 bridgehead atoms. The molecule has 1 saturated heterocycles. The smallest absolute Gasteiger partial charge is 0.137 e. The Bertz CT molecular complexity index is 624. The van der Waals surface area contributed by atoms with E-state index >= 15 is 0 Å². The van der Waals surface area contributed by atoms with Gasteiger partial charge in [-0.25, -0.2) is 9.97 Å². The van der Waals surface area contributed by atoms with Gasteiger partial charge in [0, 0.05) is 38.2 Å². The van der Waals surface area contributed by atoms with Gasteiger partial charge in [0.25, 0.3) is 0 Å². The largest absolute Gasteiger partial charge is 0.385 e. The number of aliphatic hydroxyl groups is 1. The maximum atomic E-state index is 10.6. The van der Waals surface area contributed by atoms with Crippen molar-refractivity contribution < 1.29 is 5.11 Å². The third kappa shape index (κ3) is 3.48. The number of aromatic nitrogens is 4. The van der Waals surface area contributed by atoms with Crippen molar-refractivity contribution in [1.29, 1.82) is 0 Å². The number of piperidine rings is 1. The third-order valence-electron chi connectivity index (χ3n) is 4.89. The van der Waals surface area contributed by atoms with Gasteiger partial charge in [0.05, 0.1) is 12.0 Å². The van der Waals surface area contributed by atoms with Crippen LogP contribution in [0.1, 0.15) is 50.4 Å². The van der Waals surface area contributed by atoms with Gasteiger partial charge in [-0.3, -0.25) is 4.90 Å². The minimum Gasteiger partial charge on any atom is -0.385 e. The van der Waals surface area contributed by atoms with Crippen molar-refractivity contribution in [3.05, 3.63) is 36.4 Å². The number of hydrogen-bond acceptors (Lipinski definition) is 4. The normalized spacial score (nSPS) is 18.7. The summed E-state index contributed by atoms with van der Waals surface area (Å²) in [6, 6.07) is 0.440. The zero-order chi connectivity index (χ0) is 16.4. The molecule has 1 fully saturated rings. The van der Waals surface area contributed by atoms with Crippen LogP contribution in [0, 0.1) is 5.92 Å². The summed E-state index contributed by atoms with van der Waals surface area (Å²) >= 11 is 0. The fraction of sp³-hybridized carbons (Fsp3) is 0.647. The first-order valence-electron chi connectivity index (χ1n) is 8.44. The summed E-state index contributed by atoms with van der Waals surface area (Å²) in [5.74, 6) is 1.07. The Morgan fingerprint density at radius 3 is 2.65 bits per heavy atom. The lowest BCUT2D eigenvalue weighted by atomic mass is 9.90. The van der Waals surface area contributed by atoms with E-state index in [1.54, 1.807) is 6.20 Å². The highest BCUT2D eigenvalue weighted by Gasteiger charge is 2.28. The summed E-state index contributed by atoms with van der Waals surface area (Å²) < 4.78 is 4.15. The van der Waals surface area contributed by atoms with Crippen LogP contribution in [-0.4, -0.2) is 42.2 Å². The van der Waals surface area contributed by atoms with Gasteiger partial charge in [0.15, 0.2) is 0 Å². The van der Waals surface area contributed by atoms with Crippen LogP contribution in [0.2, 0.25) is 0 Å². The van der Waals surface area contributed by atoms with Crippen molar-refractivity contribution in [3.8, 4) is 0 Å². The second-order valence-electron chi connectivity index (χ2n) is 6.84. The van der Waals surface area contributed by atoms with Gasteiger partial charge in [-0.1, -0.05) is 0 Å². The monoisotopic (exact) mass is 317 g/mol. The minimum absolute atomic E-state index is 0.294. The number of rotatable bonds is 5. The molecular formula is C17H27N5O. The maximum Gasteiger partial charge on any atom is 0.137 e. The molecule has 6 heteroatoms. The van der Waals surface area contributed by atoms with E-state index < -0.39 is 6.10 Å². The molecule has 0 aromatic carbocycles. The van der Waals surface area contributed by atoms with Gasteiger partial charge < -0.3 is 14.2 Å². The third-order valence-corrected chi connectivity index (χ3v) is 4.89. The maximum absolute atomic E-state index is 10.6. The van der Waals surface area contributed by atoms with E-state index in [4.69, 9.17) is 0 Å². The number of hydrogen-bond donors (Lipinski definition) is 1. The first-order valence-corrected chi connectivity index (χ1v) is 8.44. The second-order valence-corrected chi connectivity index (χ2v) is 6.84. The highest BCUT2D eigenvalue weighted by atomic mass is 16.3. The van der Waals surface area contributed by atoms with Gasteiger partial charge in [-0.2, -0.15) is 0 Å². The number of nitrogens with zero attached hydrogens (tertiary/aromatic N) is 5. The number of likely N-dealkylation sites (tertiary alicyclic amines) is 1. The van der Waals surface area contributed by atoms with Crippen molar-refractivity contribution in [2.75, 3.05) is 13.1 Å². The Kier molecular flexibility index (Phi) is 4.82. The van der Waals surface area contributed by atoms with Crippen LogP contribution in [0.3, 0.4) is 0 Å². The zero-order valence-corrected chi connectivity index (χ0v) is 14.3. The SMILES string of the molecule is CC(C)n1cncc1CN1CCC(C(O)c2nccn2C)CC1. The van der Waals surface area contributed by atoms with E-state index in [1.807, 2.05) is 30.3 Å². The topological polar surface area (TPSA) is 59.1 Å². The van der Waals surface area contributed by atoms with E-state index in [-0.39, 0.29) is 0 Å². The lowest BCUT2D eigenvalue weighted by molar-refractivity contribution is 0.0486.